The highest BCUT2D eigenvalue weighted by atomic mass is 127. The fraction of sp³-hybridized carbons (Fsp3) is 0.417. The van der Waals surface area contributed by atoms with Gasteiger partial charge in [0, 0.05) is 0 Å². The second kappa shape index (κ2) is 5.20. The largest absolute Gasteiger partial charge is 0.424 e. The van der Waals surface area contributed by atoms with Crippen molar-refractivity contribution in [1.82, 2.24) is 0 Å². The molecule has 0 unspecified atom stereocenters. The van der Waals surface area contributed by atoms with Crippen LogP contribution in [0.25, 0.3) is 0 Å². The maximum absolute atomic E-state index is 11.8. The van der Waals surface area contributed by atoms with Gasteiger partial charge >= 0.3 is 5.97 Å². The SMILES string of the molecule is Cc1cc(I)c(OC(=O)C(C)(C)C)c(I)c1. The van der Waals surface area contributed by atoms with Crippen LogP contribution in [0.4, 0.5) is 0 Å². The van der Waals surface area contributed by atoms with Crippen LogP contribution >= 0.6 is 45.2 Å². The molecule has 4 heteroatoms. The lowest BCUT2D eigenvalue weighted by Gasteiger charge is -2.18. The number of hydrogen-bond acceptors (Lipinski definition) is 2. The number of ether oxygens (including phenoxy) is 1. The summed E-state index contributed by atoms with van der Waals surface area (Å²) in [5, 5.41) is 0. The van der Waals surface area contributed by atoms with Crippen molar-refractivity contribution < 1.29 is 9.53 Å². The zero-order chi connectivity index (χ0) is 12.5. The monoisotopic (exact) mass is 444 g/mol. The zero-order valence-electron chi connectivity index (χ0n) is 9.73. The van der Waals surface area contributed by atoms with Gasteiger partial charge in [0.2, 0.25) is 0 Å². The molecule has 0 atom stereocenters. The van der Waals surface area contributed by atoms with Crippen molar-refractivity contribution in [2.45, 2.75) is 27.7 Å². The lowest BCUT2D eigenvalue weighted by Crippen LogP contribution is -2.26. The summed E-state index contributed by atoms with van der Waals surface area (Å²) in [5.74, 6) is 0.471. The van der Waals surface area contributed by atoms with E-state index in [-0.39, 0.29) is 5.97 Å². The van der Waals surface area contributed by atoms with Crippen LogP contribution in [0.2, 0.25) is 0 Å². The minimum absolute atomic E-state index is 0.202. The van der Waals surface area contributed by atoms with E-state index in [4.69, 9.17) is 4.74 Å². The van der Waals surface area contributed by atoms with Gasteiger partial charge in [-0.05, 0) is 90.6 Å². The second-order valence-electron chi connectivity index (χ2n) is 4.70. The first-order chi connectivity index (χ1) is 7.21. The van der Waals surface area contributed by atoms with Gasteiger partial charge in [-0.1, -0.05) is 0 Å². The van der Waals surface area contributed by atoms with Gasteiger partial charge in [-0.15, -0.1) is 0 Å². The van der Waals surface area contributed by atoms with Crippen LogP contribution in [0, 0.1) is 19.5 Å². The van der Waals surface area contributed by atoms with E-state index in [1.165, 1.54) is 5.56 Å². The van der Waals surface area contributed by atoms with Crippen molar-refractivity contribution in [3.63, 3.8) is 0 Å². The summed E-state index contributed by atoms with van der Waals surface area (Å²) in [6.07, 6.45) is 0. The highest BCUT2D eigenvalue weighted by molar-refractivity contribution is 14.1. The summed E-state index contributed by atoms with van der Waals surface area (Å²) in [6, 6.07) is 4.02. The van der Waals surface area contributed by atoms with Gasteiger partial charge in [-0.25, -0.2) is 0 Å². The molecule has 0 saturated carbocycles. The lowest BCUT2D eigenvalue weighted by atomic mass is 9.97. The van der Waals surface area contributed by atoms with Crippen molar-refractivity contribution in [2.24, 2.45) is 5.41 Å². The van der Waals surface area contributed by atoms with Crippen molar-refractivity contribution in [3.05, 3.63) is 24.8 Å². The molecular formula is C12H14I2O2. The Balaban J connectivity index is 3.03. The van der Waals surface area contributed by atoms with Crippen LogP contribution in [0.5, 0.6) is 5.75 Å². The predicted octanol–water partition coefficient (Wildman–Crippen LogP) is 4.16. The molecular weight excluding hydrogens is 430 g/mol. The Labute approximate surface area is 123 Å². The Kier molecular flexibility index (Phi) is 4.62. The molecule has 0 saturated heterocycles. The molecule has 0 fully saturated rings. The normalized spacial score (nSPS) is 11.4. The Morgan fingerprint density at radius 2 is 1.62 bits per heavy atom. The maximum Gasteiger partial charge on any atom is 0.316 e. The molecule has 2 nitrogen and oxygen atoms in total. The van der Waals surface area contributed by atoms with E-state index in [0.29, 0.717) is 5.75 Å². The van der Waals surface area contributed by atoms with E-state index in [2.05, 4.69) is 45.2 Å². The quantitative estimate of drug-likeness (QED) is 0.370. The third-order valence-electron chi connectivity index (χ3n) is 1.95. The predicted molar refractivity (Wildman–Crippen MR) is 81.7 cm³/mol. The Hall–Kier alpha value is 0.150. The van der Waals surface area contributed by atoms with Crippen molar-refractivity contribution in [3.8, 4) is 5.75 Å². The van der Waals surface area contributed by atoms with E-state index in [1.807, 2.05) is 39.8 Å². The molecule has 1 aromatic carbocycles. The second-order valence-corrected chi connectivity index (χ2v) is 7.02. The summed E-state index contributed by atoms with van der Waals surface area (Å²) >= 11 is 4.38. The van der Waals surface area contributed by atoms with Gasteiger partial charge in [-0.2, -0.15) is 0 Å². The standard InChI is InChI=1S/C12H14I2O2/c1-7-5-8(13)10(9(14)6-7)16-11(15)12(2,3)4/h5-6H,1-4H3. The topological polar surface area (TPSA) is 26.3 Å². The molecule has 1 rings (SSSR count). The smallest absolute Gasteiger partial charge is 0.316 e. The minimum Gasteiger partial charge on any atom is -0.424 e. The Morgan fingerprint density at radius 1 is 1.19 bits per heavy atom. The number of esters is 1. The highest BCUT2D eigenvalue weighted by Gasteiger charge is 2.25. The van der Waals surface area contributed by atoms with E-state index in [9.17, 15) is 4.79 Å². The summed E-state index contributed by atoms with van der Waals surface area (Å²) < 4.78 is 7.39. The molecule has 0 amide bonds. The molecule has 88 valence electrons. The molecule has 0 aliphatic rings. The third kappa shape index (κ3) is 3.58. The number of rotatable bonds is 1. The summed E-state index contributed by atoms with van der Waals surface area (Å²) in [7, 11) is 0. The molecule has 0 aliphatic heterocycles. The average molecular weight is 444 g/mol. The van der Waals surface area contributed by atoms with Gasteiger partial charge in [0.15, 0.2) is 5.75 Å². The van der Waals surface area contributed by atoms with Crippen molar-refractivity contribution in [1.29, 1.82) is 0 Å². The number of aryl methyl sites for hydroxylation is 1. The average Bonchev–Trinajstić information content (AvgIpc) is 2.08. The molecule has 16 heavy (non-hydrogen) atoms. The molecule has 0 N–H and O–H groups in total. The van der Waals surface area contributed by atoms with Crippen LogP contribution < -0.4 is 4.74 Å². The van der Waals surface area contributed by atoms with Gasteiger partial charge in [-0.3, -0.25) is 4.79 Å². The summed E-state index contributed by atoms with van der Waals surface area (Å²) in [5.41, 5.74) is 0.696. The molecule has 0 bridgehead atoms. The minimum atomic E-state index is -0.475. The van der Waals surface area contributed by atoms with Gasteiger partial charge in [0.1, 0.15) is 0 Å². The van der Waals surface area contributed by atoms with Gasteiger partial charge in [0.25, 0.3) is 0 Å². The number of carbonyl (C=O) groups is 1. The van der Waals surface area contributed by atoms with Crippen LogP contribution in [-0.2, 0) is 4.79 Å². The fourth-order valence-corrected chi connectivity index (χ4v) is 3.33. The Bertz CT molecular complexity index is 397. The van der Waals surface area contributed by atoms with E-state index in [0.717, 1.165) is 7.14 Å². The fourth-order valence-electron chi connectivity index (χ4n) is 1.03. The van der Waals surface area contributed by atoms with Crippen LogP contribution in [-0.4, -0.2) is 5.97 Å². The first-order valence-corrected chi connectivity index (χ1v) is 7.05. The van der Waals surface area contributed by atoms with Crippen molar-refractivity contribution in [2.75, 3.05) is 0 Å². The first-order valence-electron chi connectivity index (χ1n) is 4.90. The number of halogens is 2. The van der Waals surface area contributed by atoms with E-state index < -0.39 is 5.41 Å². The maximum atomic E-state index is 11.8. The summed E-state index contributed by atoms with van der Waals surface area (Å²) in [6.45, 7) is 7.58. The molecule has 0 radical (unpaired) electrons. The molecule has 0 aromatic heterocycles. The molecule has 0 spiro atoms. The van der Waals surface area contributed by atoms with Gasteiger partial charge in [0.05, 0.1) is 12.6 Å². The first kappa shape index (κ1) is 14.2. The van der Waals surface area contributed by atoms with Crippen LogP contribution in [0.15, 0.2) is 12.1 Å². The molecule has 0 heterocycles. The van der Waals surface area contributed by atoms with E-state index >= 15 is 0 Å². The number of hydrogen-bond donors (Lipinski definition) is 0. The molecule has 0 aliphatic carbocycles. The van der Waals surface area contributed by atoms with Crippen LogP contribution in [0.1, 0.15) is 26.3 Å². The lowest BCUT2D eigenvalue weighted by molar-refractivity contribution is -0.143. The molecule has 1 aromatic rings. The summed E-state index contributed by atoms with van der Waals surface area (Å²) in [4.78, 5) is 11.8. The zero-order valence-corrected chi connectivity index (χ0v) is 14.0. The highest BCUT2D eigenvalue weighted by Crippen LogP contribution is 2.30. The Morgan fingerprint density at radius 3 is 2.00 bits per heavy atom. The van der Waals surface area contributed by atoms with E-state index in [1.54, 1.807) is 0 Å². The van der Waals surface area contributed by atoms with Crippen LogP contribution in [0.3, 0.4) is 0 Å². The number of benzene rings is 1. The number of carbonyl (C=O) groups excluding carboxylic acids is 1. The van der Waals surface area contributed by atoms with Crippen molar-refractivity contribution >= 4 is 51.2 Å². The third-order valence-corrected chi connectivity index (χ3v) is 3.55. The van der Waals surface area contributed by atoms with Gasteiger partial charge < -0.3 is 4.74 Å².